The lowest BCUT2D eigenvalue weighted by molar-refractivity contribution is 0.0600. The normalized spacial score (nSPS) is 14.0. The summed E-state index contributed by atoms with van der Waals surface area (Å²) in [7, 11) is 1.39. The largest absolute Gasteiger partial charge is 0.465 e. The zero-order valence-corrected chi connectivity index (χ0v) is 11.7. The molecule has 1 aromatic rings. The molecule has 2 unspecified atom stereocenters. The molecule has 1 aromatic carbocycles. The number of esters is 1. The number of carbonyl (C=O) groups excluding carboxylic acids is 1. The van der Waals surface area contributed by atoms with Gasteiger partial charge in [0.2, 0.25) is 0 Å². The van der Waals surface area contributed by atoms with E-state index in [0.717, 1.165) is 6.54 Å². The maximum absolute atomic E-state index is 11.3. The van der Waals surface area contributed by atoms with Gasteiger partial charge < -0.3 is 10.1 Å². The van der Waals surface area contributed by atoms with E-state index in [2.05, 4.69) is 30.8 Å². The first-order valence-corrected chi connectivity index (χ1v) is 6.49. The number of hydrogen-bond acceptors (Lipinski definition) is 3. The number of hydrogen-bond donors (Lipinski definition) is 1. The summed E-state index contributed by atoms with van der Waals surface area (Å²) in [5.41, 5.74) is 1.77. The molecule has 3 heteroatoms. The number of nitrogens with one attached hydrogen (secondary N) is 1. The van der Waals surface area contributed by atoms with Crippen LogP contribution in [0.2, 0.25) is 0 Å². The molecule has 0 bridgehead atoms. The molecule has 3 nitrogen and oxygen atoms in total. The van der Waals surface area contributed by atoms with Crippen molar-refractivity contribution in [3.63, 3.8) is 0 Å². The van der Waals surface area contributed by atoms with Crippen molar-refractivity contribution < 1.29 is 9.53 Å². The first-order chi connectivity index (χ1) is 8.58. The Balaban J connectivity index is 2.51. The van der Waals surface area contributed by atoms with Gasteiger partial charge in [0, 0.05) is 12.6 Å². The fourth-order valence-electron chi connectivity index (χ4n) is 1.71. The molecule has 100 valence electrons. The Kier molecular flexibility index (Phi) is 5.86. The zero-order chi connectivity index (χ0) is 13.5. The summed E-state index contributed by atoms with van der Waals surface area (Å²) in [6, 6.07) is 8.02. The summed E-state index contributed by atoms with van der Waals surface area (Å²) in [5, 5.41) is 3.50. The molecule has 0 radical (unpaired) electrons. The number of methoxy groups -OCH3 is 1. The molecule has 0 aromatic heterocycles. The van der Waals surface area contributed by atoms with Gasteiger partial charge in [0.05, 0.1) is 12.7 Å². The summed E-state index contributed by atoms with van der Waals surface area (Å²) in [6.07, 6.45) is 1.18. The molecule has 0 fully saturated rings. The third-order valence-electron chi connectivity index (χ3n) is 3.50. The molecule has 0 saturated carbocycles. The van der Waals surface area contributed by atoms with Crippen LogP contribution in [-0.2, 0) is 11.3 Å². The quantitative estimate of drug-likeness (QED) is 0.788. The monoisotopic (exact) mass is 249 g/mol. The maximum Gasteiger partial charge on any atom is 0.337 e. The van der Waals surface area contributed by atoms with Crippen molar-refractivity contribution in [2.24, 2.45) is 5.92 Å². The van der Waals surface area contributed by atoms with Gasteiger partial charge in [0.1, 0.15) is 0 Å². The number of benzene rings is 1. The second-order valence-corrected chi connectivity index (χ2v) is 4.74. The lowest BCUT2D eigenvalue weighted by Gasteiger charge is -2.19. The number of rotatable bonds is 6. The van der Waals surface area contributed by atoms with Crippen LogP contribution in [0, 0.1) is 5.92 Å². The highest BCUT2D eigenvalue weighted by Crippen LogP contribution is 2.09. The molecular weight excluding hydrogens is 226 g/mol. The van der Waals surface area contributed by atoms with Gasteiger partial charge in [-0.3, -0.25) is 0 Å². The van der Waals surface area contributed by atoms with E-state index in [0.29, 0.717) is 17.5 Å². The number of ether oxygens (including phenoxy) is 1. The van der Waals surface area contributed by atoms with Gasteiger partial charge in [-0.25, -0.2) is 4.79 Å². The summed E-state index contributed by atoms with van der Waals surface area (Å²) in [4.78, 5) is 11.3. The van der Waals surface area contributed by atoms with Gasteiger partial charge in [-0.05, 0) is 30.5 Å². The maximum atomic E-state index is 11.3. The topological polar surface area (TPSA) is 38.3 Å². The van der Waals surface area contributed by atoms with E-state index in [1.165, 1.54) is 19.1 Å². The third kappa shape index (κ3) is 4.15. The van der Waals surface area contributed by atoms with Gasteiger partial charge in [0.15, 0.2) is 0 Å². The lowest BCUT2D eigenvalue weighted by Crippen LogP contribution is -2.31. The van der Waals surface area contributed by atoms with Crippen LogP contribution in [0.5, 0.6) is 0 Å². The average Bonchev–Trinajstić information content (AvgIpc) is 2.43. The Morgan fingerprint density at radius 2 is 1.89 bits per heavy atom. The van der Waals surface area contributed by atoms with E-state index < -0.39 is 0 Å². The van der Waals surface area contributed by atoms with Crippen LogP contribution >= 0.6 is 0 Å². The molecule has 0 aliphatic rings. The summed E-state index contributed by atoms with van der Waals surface area (Å²) in [6.45, 7) is 7.48. The highest BCUT2D eigenvalue weighted by Gasteiger charge is 2.09. The van der Waals surface area contributed by atoms with Gasteiger partial charge in [-0.15, -0.1) is 0 Å². The molecule has 2 atom stereocenters. The van der Waals surface area contributed by atoms with Gasteiger partial charge in [0.25, 0.3) is 0 Å². The van der Waals surface area contributed by atoms with Crippen molar-refractivity contribution >= 4 is 5.97 Å². The minimum Gasteiger partial charge on any atom is -0.465 e. The minimum atomic E-state index is -0.289. The summed E-state index contributed by atoms with van der Waals surface area (Å²) >= 11 is 0. The van der Waals surface area contributed by atoms with Crippen LogP contribution in [0.25, 0.3) is 0 Å². The predicted octanol–water partition coefficient (Wildman–Crippen LogP) is 3.00. The first-order valence-electron chi connectivity index (χ1n) is 6.49. The molecule has 0 spiro atoms. The molecule has 1 N–H and O–H groups in total. The molecule has 0 heterocycles. The molecule has 0 saturated heterocycles. The minimum absolute atomic E-state index is 0.289. The Hall–Kier alpha value is -1.35. The molecule has 18 heavy (non-hydrogen) atoms. The fourth-order valence-corrected chi connectivity index (χ4v) is 1.71. The van der Waals surface area contributed by atoms with Crippen LogP contribution in [-0.4, -0.2) is 19.1 Å². The van der Waals surface area contributed by atoms with E-state index in [9.17, 15) is 4.79 Å². The molecule has 0 aliphatic heterocycles. The van der Waals surface area contributed by atoms with Gasteiger partial charge in [-0.2, -0.15) is 0 Å². The molecule has 0 amide bonds. The standard InChI is InChI=1S/C15H23NO2/c1-5-11(2)12(3)16-10-13-6-8-14(9-7-13)15(17)18-4/h6-9,11-12,16H,5,10H2,1-4H3. The predicted molar refractivity (Wildman–Crippen MR) is 73.5 cm³/mol. The second-order valence-electron chi connectivity index (χ2n) is 4.74. The van der Waals surface area contributed by atoms with Crippen LogP contribution < -0.4 is 5.32 Å². The average molecular weight is 249 g/mol. The zero-order valence-electron chi connectivity index (χ0n) is 11.7. The Morgan fingerprint density at radius 1 is 1.28 bits per heavy atom. The van der Waals surface area contributed by atoms with E-state index in [-0.39, 0.29) is 5.97 Å². The third-order valence-corrected chi connectivity index (χ3v) is 3.50. The second kappa shape index (κ2) is 7.17. The first kappa shape index (κ1) is 14.7. The molecule has 0 aliphatic carbocycles. The van der Waals surface area contributed by atoms with E-state index in [1.807, 2.05) is 12.1 Å². The fraction of sp³-hybridized carbons (Fsp3) is 0.533. The summed E-state index contributed by atoms with van der Waals surface area (Å²) in [5.74, 6) is 0.377. The van der Waals surface area contributed by atoms with E-state index in [1.54, 1.807) is 12.1 Å². The summed E-state index contributed by atoms with van der Waals surface area (Å²) < 4.78 is 4.67. The van der Waals surface area contributed by atoms with Crippen molar-refractivity contribution in [3.05, 3.63) is 35.4 Å². The Labute approximate surface area is 110 Å². The molecule has 1 rings (SSSR count). The highest BCUT2D eigenvalue weighted by molar-refractivity contribution is 5.89. The van der Waals surface area contributed by atoms with Crippen molar-refractivity contribution in [2.75, 3.05) is 7.11 Å². The van der Waals surface area contributed by atoms with Crippen LogP contribution in [0.1, 0.15) is 43.1 Å². The molecular formula is C15H23NO2. The Bertz CT molecular complexity index is 373. The highest BCUT2D eigenvalue weighted by atomic mass is 16.5. The van der Waals surface area contributed by atoms with Crippen LogP contribution in [0.4, 0.5) is 0 Å². The van der Waals surface area contributed by atoms with Crippen molar-refractivity contribution in [1.82, 2.24) is 5.32 Å². The van der Waals surface area contributed by atoms with Crippen molar-refractivity contribution in [2.45, 2.75) is 39.8 Å². The smallest absolute Gasteiger partial charge is 0.337 e. The van der Waals surface area contributed by atoms with Crippen LogP contribution in [0.3, 0.4) is 0 Å². The van der Waals surface area contributed by atoms with E-state index in [4.69, 9.17) is 0 Å². The lowest BCUT2D eigenvalue weighted by atomic mass is 10.0. The van der Waals surface area contributed by atoms with Gasteiger partial charge >= 0.3 is 5.97 Å². The number of carbonyl (C=O) groups is 1. The van der Waals surface area contributed by atoms with Gasteiger partial charge in [-0.1, -0.05) is 32.4 Å². The Morgan fingerprint density at radius 3 is 2.39 bits per heavy atom. The van der Waals surface area contributed by atoms with Crippen LogP contribution in [0.15, 0.2) is 24.3 Å². The SMILES string of the molecule is CCC(C)C(C)NCc1ccc(C(=O)OC)cc1. The van der Waals surface area contributed by atoms with Crippen molar-refractivity contribution in [1.29, 1.82) is 0 Å². The van der Waals surface area contributed by atoms with Crippen molar-refractivity contribution in [3.8, 4) is 0 Å². The van der Waals surface area contributed by atoms with E-state index >= 15 is 0 Å².